The van der Waals surface area contributed by atoms with E-state index in [0.717, 1.165) is 0 Å². The fraction of sp³-hybridized carbons (Fsp3) is 0. The van der Waals surface area contributed by atoms with Crippen LogP contribution in [0.1, 0.15) is 0 Å². The molecule has 0 atom stereocenters. The lowest BCUT2D eigenvalue weighted by atomic mass is 9.83. The van der Waals surface area contributed by atoms with Gasteiger partial charge in [-0.15, -0.1) is 0 Å². The molecule has 9 rings (SSSR count). The van der Waals surface area contributed by atoms with Crippen LogP contribution in [0.5, 0.6) is 0 Å². The monoisotopic (exact) mass is 582 g/mol. The Labute approximate surface area is 268 Å². The van der Waals surface area contributed by atoms with Gasteiger partial charge >= 0.3 is 0 Å². The third kappa shape index (κ3) is 4.30. The van der Waals surface area contributed by atoms with E-state index in [-0.39, 0.29) is 0 Å². The second kappa shape index (κ2) is 10.9. The van der Waals surface area contributed by atoms with Gasteiger partial charge in [0.05, 0.1) is 0 Å². The zero-order valence-electron chi connectivity index (χ0n) is 25.3. The third-order valence-electron chi connectivity index (χ3n) is 9.42. The second-order valence-corrected chi connectivity index (χ2v) is 12.1. The first-order chi connectivity index (χ1) is 22.8. The van der Waals surface area contributed by atoms with E-state index in [1.165, 1.54) is 87.6 Å². The highest BCUT2D eigenvalue weighted by molar-refractivity contribution is 6.25. The molecule has 0 heterocycles. The second-order valence-electron chi connectivity index (χ2n) is 12.1. The zero-order chi connectivity index (χ0) is 30.5. The van der Waals surface area contributed by atoms with Crippen LogP contribution in [0.4, 0.5) is 0 Å². The molecule has 0 spiro atoms. The van der Waals surface area contributed by atoms with E-state index in [0.29, 0.717) is 0 Å². The lowest BCUT2D eigenvalue weighted by molar-refractivity contribution is 1.58. The van der Waals surface area contributed by atoms with Gasteiger partial charge in [0, 0.05) is 0 Å². The van der Waals surface area contributed by atoms with Crippen LogP contribution in [0.15, 0.2) is 182 Å². The van der Waals surface area contributed by atoms with Crippen LogP contribution in [-0.2, 0) is 0 Å². The van der Waals surface area contributed by atoms with E-state index >= 15 is 0 Å². The first-order valence-corrected chi connectivity index (χ1v) is 15.9. The molecule has 9 aromatic rings. The molecule has 0 fully saturated rings. The van der Waals surface area contributed by atoms with Crippen molar-refractivity contribution in [3.8, 4) is 44.5 Å². The Morgan fingerprint density at radius 2 is 0.630 bits per heavy atom. The molecule has 214 valence electrons. The Balaban J connectivity index is 1.31. The Kier molecular flexibility index (Phi) is 6.25. The summed E-state index contributed by atoms with van der Waals surface area (Å²) < 4.78 is 0. The van der Waals surface area contributed by atoms with E-state index in [1.807, 2.05) is 0 Å². The molecule has 0 saturated heterocycles. The van der Waals surface area contributed by atoms with Crippen LogP contribution in [0.25, 0.3) is 87.6 Å². The van der Waals surface area contributed by atoms with Crippen molar-refractivity contribution in [1.29, 1.82) is 0 Å². The molecule has 0 nitrogen and oxygen atoms in total. The Hall–Kier alpha value is -5.98. The quantitative estimate of drug-likeness (QED) is 0.143. The topological polar surface area (TPSA) is 0 Å². The van der Waals surface area contributed by atoms with Gasteiger partial charge in [-0.05, 0) is 106 Å². The van der Waals surface area contributed by atoms with Crippen molar-refractivity contribution in [2.75, 3.05) is 0 Å². The zero-order valence-corrected chi connectivity index (χ0v) is 25.3. The van der Waals surface area contributed by atoms with Crippen LogP contribution in [0.3, 0.4) is 0 Å². The Bertz CT molecular complexity index is 2520. The van der Waals surface area contributed by atoms with E-state index in [9.17, 15) is 0 Å². The van der Waals surface area contributed by atoms with Crippen LogP contribution in [0, 0.1) is 0 Å². The molecule has 0 aliphatic carbocycles. The van der Waals surface area contributed by atoms with Gasteiger partial charge in [-0.3, -0.25) is 0 Å². The molecule has 0 radical (unpaired) electrons. The van der Waals surface area contributed by atoms with Crippen molar-refractivity contribution >= 4 is 43.1 Å². The standard InChI is InChI=1S/C46H30/c1-2-14-31(15-3-1)32-17-12-18-33(28-32)34-19-13-20-36(29-34)45-40-24-8-10-26-42(40)46(43-27-11-9-25-41(43)45)44-30-35-16-4-5-21-37(35)38-22-6-7-23-39(38)44/h1-30H. The summed E-state index contributed by atoms with van der Waals surface area (Å²) in [6, 6.07) is 66.5. The predicted octanol–water partition coefficient (Wildman–Crippen LogP) is 13.0. The number of hydrogen-bond donors (Lipinski definition) is 0. The maximum absolute atomic E-state index is 2.39. The first kappa shape index (κ1) is 26.4. The molecule has 0 saturated carbocycles. The van der Waals surface area contributed by atoms with Crippen LogP contribution in [0.2, 0.25) is 0 Å². The predicted molar refractivity (Wildman–Crippen MR) is 198 cm³/mol. The molecule has 0 N–H and O–H groups in total. The summed E-state index contributed by atoms with van der Waals surface area (Å²) in [6.07, 6.45) is 0. The maximum atomic E-state index is 2.39. The van der Waals surface area contributed by atoms with Crippen molar-refractivity contribution in [3.63, 3.8) is 0 Å². The largest absolute Gasteiger partial charge is 0.0622 e. The van der Waals surface area contributed by atoms with E-state index < -0.39 is 0 Å². The Morgan fingerprint density at radius 3 is 1.26 bits per heavy atom. The fourth-order valence-electron chi connectivity index (χ4n) is 7.35. The molecular weight excluding hydrogens is 553 g/mol. The molecule has 0 bridgehead atoms. The van der Waals surface area contributed by atoms with Gasteiger partial charge in [-0.2, -0.15) is 0 Å². The summed E-state index contributed by atoms with van der Waals surface area (Å²) in [5.74, 6) is 0. The third-order valence-corrected chi connectivity index (χ3v) is 9.42. The molecular formula is C46H30. The number of benzene rings is 9. The number of rotatable bonds is 4. The fourth-order valence-corrected chi connectivity index (χ4v) is 7.35. The van der Waals surface area contributed by atoms with Crippen molar-refractivity contribution < 1.29 is 0 Å². The lowest BCUT2D eigenvalue weighted by Gasteiger charge is -2.20. The SMILES string of the molecule is c1ccc(-c2cccc(-c3cccc(-c4c5ccccc5c(-c5cc6ccccc6c6ccccc56)c5ccccc45)c3)c2)cc1. The van der Waals surface area contributed by atoms with Crippen LogP contribution in [-0.4, -0.2) is 0 Å². The lowest BCUT2D eigenvalue weighted by Crippen LogP contribution is -1.92. The highest BCUT2D eigenvalue weighted by atomic mass is 14.2. The normalized spacial score (nSPS) is 11.5. The summed E-state index contributed by atoms with van der Waals surface area (Å²) in [4.78, 5) is 0. The van der Waals surface area contributed by atoms with Gasteiger partial charge in [-0.1, -0.05) is 164 Å². The minimum Gasteiger partial charge on any atom is -0.0622 e. The average Bonchev–Trinajstić information content (AvgIpc) is 3.14. The molecule has 46 heavy (non-hydrogen) atoms. The van der Waals surface area contributed by atoms with Crippen molar-refractivity contribution in [2.24, 2.45) is 0 Å². The smallest absolute Gasteiger partial charge is 0.00199 e. The molecule has 0 aromatic heterocycles. The van der Waals surface area contributed by atoms with Crippen LogP contribution < -0.4 is 0 Å². The first-order valence-electron chi connectivity index (χ1n) is 15.9. The molecule has 0 unspecified atom stereocenters. The number of hydrogen-bond acceptors (Lipinski definition) is 0. The van der Waals surface area contributed by atoms with Gasteiger partial charge in [0.2, 0.25) is 0 Å². The average molecular weight is 583 g/mol. The van der Waals surface area contributed by atoms with Gasteiger partial charge in [-0.25, -0.2) is 0 Å². The minimum atomic E-state index is 1.22. The van der Waals surface area contributed by atoms with E-state index in [2.05, 4.69) is 182 Å². The van der Waals surface area contributed by atoms with Gasteiger partial charge < -0.3 is 0 Å². The number of fused-ring (bicyclic) bond motifs is 5. The highest BCUT2D eigenvalue weighted by Crippen LogP contribution is 2.46. The highest BCUT2D eigenvalue weighted by Gasteiger charge is 2.19. The summed E-state index contributed by atoms with van der Waals surface area (Å²) >= 11 is 0. The summed E-state index contributed by atoms with van der Waals surface area (Å²) in [6.45, 7) is 0. The Morgan fingerprint density at radius 1 is 0.217 bits per heavy atom. The molecule has 0 amide bonds. The van der Waals surface area contributed by atoms with Crippen LogP contribution >= 0.6 is 0 Å². The van der Waals surface area contributed by atoms with E-state index in [4.69, 9.17) is 0 Å². The minimum absolute atomic E-state index is 1.22. The summed E-state index contributed by atoms with van der Waals surface area (Å²) in [5.41, 5.74) is 9.97. The molecule has 9 aromatic carbocycles. The maximum Gasteiger partial charge on any atom is -0.00199 e. The summed E-state index contributed by atoms with van der Waals surface area (Å²) in [5, 5.41) is 10.2. The van der Waals surface area contributed by atoms with Crippen molar-refractivity contribution in [2.45, 2.75) is 0 Å². The van der Waals surface area contributed by atoms with Gasteiger partial charge in [0.15, 0.2) is 0 Å². The molecule has 0 aliphatic rings. The molecule has 0 heteroatoms. The summed E-state index contributed by atoms with van der Waals surface area (Å²) in [7, 11) is 0. The van der Waals surface area contributed by atoms with Gasteiger partial charge in [0.25, 0.3) is 0 Å². The molecule has 0 aliphatic heterocycles. The van der Waals surface area contributed by atoms with E-state index in [1.54, 1.807) is 0 Å². The van der Waals surface area contributed by atoms with Gasteiger partial charge in [0.1, 0.15) is 0 Å². The van der Waals surface area contributed by atoms with Crippen molar-refractivity contribution in [1.82, 2.24) is 0 Å². The van der Waals surface area contributed by atoms with Crippen molar-refractivity contribution in [3.05, 3.63) is 182 Å².